The SMILES string of the molecule is CCNC(=NCC(C)Oc1ccc(F)cc1)N1CCCC(CC(N)=O)C1. The molecule has 1 aliphatic rings. The standard InChI is InChI=1S/C19H29FN4O2/c1-3-22-19(24-10-4-5-15(13-24)11-18(21)25)23-12-14(2)26-17-8-6-16(20)7-9-17/h6-9,14-15H,3-5,10-13H2,1-2H3,(H2,21,25)(H,22,23). The maximum atomic E-state index is 13.0. The Kier molecular flexibility index (Phi) is 7.69. The predicted octanol–water partition coefficient (Wildman–Crippen LogP) is 2.15. The van der Waals surface area contributed by atoms with E-state index >= 15 is 0 Å². The quantitative estimate of drug-likeness (QED) is 0.574. The molecule has 0 saturated carbocycles. The van der Waals surface area contributed by atoms with Gasteiger partial charge in [-0.3, -0.25) is 4.79 Å². The van der Waals surface area contributed by atoms with E-state index in [-0.39, 0.29) is 23.7 Å². The van der Waals surface area contributed by atoms with Crippen molar-refractivity contribution in [1.29, 1.82) is 0 Å². The number of carbonyl (C=O) groups is 1. The number of likely N-dealkylation sites (tertiary alicyclic amines) is 1. The molecule has 2 atom stereocenters. The average Bonchev–Trinajstić information content (AvgIpc) is 2.60. The highest BCUT2D eigenvalue weighted by atomic mass is 19.1. The van der Waals surface area contributed by atoms with Crippen LogP contribution in [0.1, 0.15) is 33.1 Å². The van der Waals surface area contributed by atoms with E-state index in [9.17, 15) is 9.18 Å². The highest BCUT2D eigenvalue weighted by Crippen LogP contribution is 2.19. The van der Waals surface area contributed by atoms with Gasteiger partial charge in [-0.1, -0.05) is 0 Å². The van der Waals surface area contributed by atoms with Crippen LogP contribution in [0.4, 0.5) is 4.39 Å². The number of benzene rings is 1. The highest BCUT2D eigenvalue weighted by Gasteiger charge is 2.23. The van der Waals surface area contributed by atoms with Crippen molar-refractivity contribution in [3.63, 3.8) is 0 Å². The topological polar surface area (TPSA) is 80.0 Å². The Labute approximate surface area is 154 Å². The van der Waals surface area contributed by atoms with Crippen LogP contribution in [0.5, 0.6) is 5.75 Å². The molecule has 0 aliphatic carbocycles. The van der Waals surface area contributed by atoms with Gasteiger partial charge in [-0.25, -0.2) is 9.38 Å². The van der Waals surface area contributed by atoms with Crippen molar-refractivity contribution in [3.8, 4) is 5.75 Å². The van der Waals surface area contributed by atoms with Crippen molar-refractivity contribution in [2.24, 2.45) is 16.6 Å². The number of piperidine rings is 1. The third-order valence-electron chi connectivity index (χ3n) is 4.29. The summed E-state index contributed by atoms with van der Waals surface area (Å²) in [5, 5.41) is 3.31. The van der Waals surface area contributed by atoms with E-state index in [2.05, 4.69) is 15.2 Å². The second-order valence-electron chi connectivity index (χ2n) is 6.70. The number of halogens is 1. The maximum absolute atomic E-state index is 13.0. The fourth-order valence-corrected chi connectivity index (χ4v) is 3.13. The lowest BCUT2D eigenvalue weighted by molar-refractivity contribution is -0.119. The third kappa shape index (κ3) is 6.54. The summed E-state index contributed by atoms with van der Waals surface area (Å²) in [6, 6.07) is 5.98. The van der Waals surface area contributed by atoms with Crippen molar-refractivity contribution < 1.29 is 13.9 Å². The summed E-state index contributed by atoms with van der Waals surface area (Å²) >= 11 is 0. The first kappa shape index (κ1) is 20.0. The van der Waals surface area contributed by atoms with E-state index in [1.54, 1.807) is 12.1 Å². The molecule has 0 radical (unpaired) electrons. The number of carbonyl (C=O) groups excluding carboxylic acids is 1. The van der Waals surface area contributed by atoms with Gasteiger partial charge in [0, 0.05) is 26.1 Å². The normalized spacial score (nSPS) is 19.1. The highest BCUT2D eigenvalue weighted by molar-refractivity contribution is 5.80. The molecule has 2 rings (SSSR count). The van der Waals surface area contributed by atoms with Crippen LogP contribution in [-0.2, 0) is 4.79 Å². The molecular weight excluding hydrogens is 335 g/mol. The van der Waals surface area contributed by atoms with Gasteiger partial charge in [0.15, 0.2) is 5.96 Å². The summed E-state index contributed by atoms with van der Waals surface area (Å²) in [5.74, 6) is 1.20. The van der Waals surface area contributed by atoms with Crippen LogP contribution in [0, 0.1) is 11.7 Å². The summed E-state index contributed by atoms with van der Waals surface area (Å²) in [6.07, 6.45) is 2.31. The van der Waals surface area contributed by atoms with Crippen LogP contribution in [-0.4, -0.2) is 49.0 Å². The van der Waals surface area contributed by atoms with Gasteiger partial charge in [-0.15, -0.1) is 0 Å². The second-order valence-corrected chi connectivity index (χ2v) is 6.70. The Morgan fingerprint density at radius 1 is 1.46 bits per heavy atom. The Morgan fingerprint density at radius 3 is 2.85 bits per heavy atom. The number of guanidine groups is 1. The average molecular weight is 364 g/mol. The minimum Gasteiger partial charge on any atom is -0.489 e. The van der Waals surface area contributed by atoms with E-state index in [4.69, 9.17) is 10.5 Å². The van der Waals surface area contributed by atoms with Crippen LogP contribution < -0.4 is 15.8 Å². The van der Waals surface area contributed by atoms with Crippen LogP contribution in [0.15, 0.2) is 29.3 Å². The molecule has 1 amide bonds. The Hall–Kier alpha value is -2.31. The van der Waals surface area contributed by atoms with Crippen LogP contribution in [0.2, 0.25) is 0 Å². The molecule has 0 aromatic heterocycles. The minimum absolute atomic E-state index is 0.139. The van der Waals surface area contributed by atoms with Crippen molar-refractivity contribution in [2.45, 2.75) is 39.2 Å². The van der Waals surface area contributed by atoms with Crippen molar-refractivity contribution in [3.05, 3.63) is 30.1 Å². The van der Waals surface area contributed by atoms with E-state index in [0.717, 1.165) is 38.4 Å². The lowest BCUT2D eigenvalue weighted by Crippen LogP contribution is -2.47. The molecule has 3 N–H and O–H groups in total. The molecule has 1 saturated heterocycles. The van der Waals surface area contributed by atoms with Gasteiger partial charge in [-0.2, -0.15) is 0 Å². The molecule has 144 valence electrons. The van der Waals surface area contributed by atoms with Crippen LogP contribution >= 0.6 is 0 Å². The van der Waals surface area contributed by atoms with E-state index in [1.165, 1.54) is 12.1 Å². The fraction of sp³-hybridized carbons (Fsp3) is 0.579. The first-order valence-electron chi connectivity index (χ1n) is 9.21. The van der Waals surface area contributed by atoms with Gasteiger partial charge >= 0.3 is 0 Å². The van der Waals surface area contributed by atoms with E-state index < -0.39 is 0 Å². The van der Waals surface area contributed by atoms with Gasteiger partial charge in [0.05, 0.1) is 6.54 Å². The monoisotopic (exact) mass is 364 g/mol. The summed E-state index contributed by atoms with van der Waals surface area (Å²) in [6.45, 7) is 6.90. The third-order valence-corrected chi connectivity index (χ3v) is 4.29. The van der Waals surface area contributed by atoms with Crippen molar-refractivity contribution in [2.75, 3.05) is 26.2 Å². The number of amides is 1. The number of hydrogen-bond donors (Lipinski definition) is 2. The number of nitrogens with zero attached hydrogens (tertiary/aromatic N) is 2. The number of ether oxygens (including phenoxy) is 1. The Balaban J connectivity index is 1.94. The number of aliphatic imine (C=N–C) groups is 1. The molecule has 7 heteroatoms. The maximum Gasteiger partial charge on any atom is 0.217 e. The zero-order valence-electron chi connectivity index (χ0n) is 15.6. The first-order chi connectivity index (χ1) is 12.5. The molecule has 0 spiro atoms. The number of nitrogens with two attached hydrogens (primary N) is 1. The molecule has 1 aromatic rings. The Bertz CT molecular complexity index is 606. The largest absolute Gasteiger partial charge is 0.489 e. The van der Waals surface area contributed by atoms with Crippen molar-refractivity contribution in [1.82, 2.24) is 10.2 Å². The number of nitrogens with one attached hydrogen (secondary N) is 1. The van der Waals surface area contributed by atoms with Gasteiger partial charge < -0.3 is 20.7 Å². The molecule has 1 fully saturated rings. The van der Waals surface area contributed by atoms with Crippen LogP contribution in [0.25, 0.3) is 0 Å². The van der Waals surface area contributed by atoms with Gasteiger partial charge in [0.2, 0.25) is 5.91 Å². The molecule has 1 heterocycles. The number of rotatable bonds is 7. The lowest BCUT2D eigenvalue weighted by atomic mass is 9.95. The smallest absolute Gasteiger partial charge is 0.217 e. The molecule has 0 bridgehead atoms. The van der Waals surface area contributed by atoms with Crippen molar-refractivity contribution >= 4 is 11.9 Å². The van der Waals surface area contributed by atoms with E-state index in [1.807, 2.05) is 13.8 Å². The predicted molar refractivity (Wildman–Crippen MR) is 101 cm³/mol. The zero-order chi connectivity index (χ0) is 18.9. The first-order valence-corrected chi connectivity index (χ1v) is 9.21. The van der Waals surface area contributed by atoms with Gasteiger partial charge in [-0.05, 0) is 56.9 Å². The van der Waals surface area contributed by atoms with Gasteiger partial charge in [0.25, 0.3) is 0 Å². The molecular formula is C19H29FN4O2. The number of hydrogen-bond acceptors (Lipinski definition) is 3. The summed E-state index contributed by atoms with van der Waals surface area (Å²) in [5.41, 5.74) is 5.34. The summed E-state index contributed by atoms with van der Waals surface area (Å²) in [7, 11) is 0. The van der Waals surface area contributed by atoms with Gasteiger partial charge in [0.1, 0.15) is 17.7 Å². The molecule has 1 aromatic carbocycles. The lowest BCUT2D eigenvalue weighted by Gasteiger charge is -2.34. The van der Waals surface area contributed by atoms with E-state index in [0.29, 0.717) is 18.7 Å². The second kappa shape index (κ2) is 9.99. The minimum atomic E-state index is -0.284. The molecule has 6 nitrogen and oxygen atoms in total. The molecule has 1 aliphatic heterocycles. The fourth-order valence-electron chi connectivity index (χ4n) is 3.13. The number of primary amides is 1. The molecule has 2 unspecified atom stereocenters. The summed E-state index contributed by atoms with van der Waals surface area (Å²) < 4.78 is 18.7. The zero-order valence-corrected chi connectivity index (χ0v) is 15.6. The molecule has 26 heavy (non-hydrogen) atoms. The Morgan fingerprint density at radius 2 is 2.19 bits per heavy atom. The summed E-state index contributed by atoms with van der Waals surface area (Å²) in [4.78, 5) is 18.1. The van der Waals surface area contributed by atoms with Crippen LogP contribution in [0.3, 0.4) is 0 Å².